The molecule has 110 valence electrons. The number of hydrogen-bond donors (Lipinski definition) is 2. The minimum atomic E-state index is 0.0244. The molecule has 1 heterocycles. The third kappa shape index (κ3) is 4.26. The van der Waals surface area contributed by atoms with Gasteiger partial charge in [-0.1, -0.05) is 24.1 Å². The van der Waals surface area contributed by atoms with Crippen molar-refractivity contribution in [3.63, 3.8) is 0 Å². The topological polar surface area (TPSA) is 59.6 Å². The number of nitrogens with one attached hydrogen (secondary N) is 2. The number of ether oxygens (including phenoxy) is 2. The molecule has 0 bridgehead atoms. The van der Waals surface area contributed by atoms with Crippen molar-refractivity contribution in [3.8, 4) is 23.8 Å². The number of methoxy groups -OCH3 is 1. The third-order valence-corrected chi connectivity index (χ3v) is 3.10. The van der Waals surface area contributed by atoms with Gasteiger partial charge in [-0.3, -0.25) is 10.2 Å². The second kappa shape index (κ2) is 7.36. The number of benzene rings is 1. The molecule has 2 N–H and O–H groups in total. The normalized spacial score (nSPS) is 18.1. The van der Waals surface area contributed by atoms with E-state index in [1.54, 1.807) is 7.11 Å². The van der Waals surface area contributed by atoms with Gasteiger partial charge in [0.2, 0.25) is 5.91 Å². The van der Waals surface area contributed by atoms with Crippen molar-refractivity contribution < 1.29 is 14.3 Å². The number of amides is 1. The molecule has 1 amide bonds. The number of hydrazine groups is 1. The first kappa shape index (κ1) is 14.9. The van der Waals surface area contributed by atoms with E-state index in [0.29, 0.717) is 17.9 Å². The molecule has 2 rings (SSSR count). The first-order chi connectivity index (χ1) is 10.2. The summed E-state index contributed by atoms with van der Waals surface area (Å²) < 4.78 is 10.7. The van der Waals surface area contributed by atoms with Crippen molar-refractivity contribution in [3.05, 3.63) is 29.8 Å². The molecule has 1 fully saturated rings. The first-order valence-corrected chi connectivity index (χ1v) is 6.70. The second-order valence-corrected chi connectivity index (χ2v) is 4.60. The van der Waals surface area contributed by atoms with Gasteiger partial charge in [-0.25, -0.2) is 5.43 Å². The van der Waals surface area contributed by atoms with Crippen molar-refractivity contribution in [2.75, 3.05) is 13.7 Å². The van der Waals surface area contributed by atoms with Gasteiger partial charge in [-0.15, -0.1) is 6.42 Å². The molecule has 5 heteroatoms. The summed E-state index contributed by atoms with van der Waals surface area (Å²) in [6, 6.07) is 5.76. The largest absolute Gasteiger partial charge is 0.493 e. The lowest BCUT2D eigenvalue weighted by atomic mass is 10.1. The standard InChI is InChI=1S/C16H18N2O3/c1-3-10-21-14-8-5-12(11-15(14)20-2)4-6-13-7-9-16(19)18-17-13/h1,4-6,8,11,13,17H,7,9-10H2,2H3,(H,18,19)/b6-4+. The highest BCUT2D eigenvalue weighted by molar-refractivity contribution is 5.76. The van der Waals surface area contributed by atoms with E-state index in [1.807, 2.05) is 30.4 Å². The van der Waals surface area contributed by atoms with Crippen LogP contribution in [0.5, 0.6) is 11.5 Å². The van der Waals surface area contributed by atoms with Crippen LogP contribution in [0.2, 0.25) is 0 Å². The fourth-order valence-electron chi connectivity index (χ4n) is 1.99. The lowest BCUT2D eigenvalue weighted by Crippen LogP contribution is -2.48. The van der Waals surface area contributed by atoms with Gasteiger partial charge in [0.15, 0.2) is 11.5 Å². The molecule has 1 aromatic rings. The Morgan fingerprint density at radius 3 is 3.00 bits per heavy atom. The van der Waals surface area contributed by atoms with E-state index in [4.69, 9.17) is 15.9 Å². The quantitative estimate of drug-likeness (QED) is 0.805. The van der Waals surface area contributed by atoms with Crippen molar-refractivity contribution >= 4 is 12.0 Å². The van der Waals surface area contributed by atoms with E-state index in [9.17, 15) is 4.79 Å². The van der Waals surface area contributed by atoms with E-state index < -0.39 is 0 Å². The van der Waals surface area contributed by atoms with E-state index in [0.717, 1.165) is 12.0 Å². The first-order valence-electron chi connectivity index (χ1n) is 6.70. The number of hydrogen-bond acceptors (Lipinski definition) is 4. The summed E-state index contributed by atoms with van der Waals surface area (Å²) in [6.45, 7) is 0.206. The molecule has 1 aliphatic rings. The molecule has 0 saturated carbocycles. The monoisotopic (exact) mass is 286 g/mol. The molecule has 1 saturated heterocycles. The SMILES string of the molecule is C#CCOc1ccc(/C=C/C2CCC(=O)NN2)cc1OC. The minimum absolute atomic E-state index is 0.0244. The number of carbonyl (C=O) groups excluding carboxylic acids is 1. The average molecular weight is 286 g/mol. The van der Waals surface area contributed by atoms with E-state index in [2.05, 4.69) is 16.8 Å². The van der Waals surface area contributed by atoms with Crippen LogP contribution < -0.4 is 20.3 Å². The lowest BCUT2D eigenvalue weighted by molar-refractivity contribution is -0.123. The van der Waals surface area contributed by atoms with Crippen molar-refractivity contribution in [2.45, 2.75) is 18.9 Å². The average Bonchev–Trinajstić information content (AvgIpc) is 2.52. The highest BCUT2D eigenvalue weighted by Crippen LogP contribution is 2.28. The van der Waals surface area contributed by atoms with Gasteiger partial charge in [0.1, 0.15) is 6.61 Å². The highest BCUT2D eigenvalue weighted by atomic mass is 16.5. The molecule has 0 radical (unpaired) electrons. The molecule has 21 heavy (non-hydrogen) atoms. The Morgan fingerprint density at radius 2 is 2.33 bits per heavy atom. The van der Waals surface area contributed by atoms with Gasteiger partial charge in [0.05, 0.1) is 7.11 Å². The van der Waals surface area contributed by atoms with Crippen LogP contribution in [0.25, 0.3) is 6.08 Å². The molecule has 0 aromatic heterocycles. The van der Waals surface area contributed by atoms with Crippen molar-refractivity contribution in [1.82, 2.24) is 10.9 Å². The van der Waals surface area contributed by atoms with Crippen LogP contribution in [0.15, 0.2) is 24.3 Å². The summed E-state index contributed by atoms with van der Waals surface area (Å²) in [7, 11) is 1.59. The Bertz CT molecular complexity index is 565. The van der Waals surface area contributed by atoms with E-state index in [1.165, 1.54) is 0 Å². The fraction of sp³-hybridized carbons (Fsp3) is 0.312. The van der Waals surface area contributed by atoms with Crippen LogP contribution in [0.4, 0.5) is 0 Å². The molecule has 5 nitrogen and oxygen atoms in total. The van der Waals surface area contributed by atoms with Gasteiger partial charge in [0.25, 0.3) is 0 Å². The van der Waals surface area contributed by atoms with Gasteiger partial charge in [-0.2, -0.15) is 0 Å². The molecule has 1 atom stereocenters. The Labute approximate surface area is 124 Å². The molecule has 1 unspecified atom stereocenters. The zero-order valence-corrected chi connectivity index (χ0v) is 11.9. The summed E-state index contributed by atoms with van der Waals surface area (Å²) >= 11 is 0. The van der Waals surface area contributed by atoms with Gasteiger partial charge >= 0.3 is 0 Å². The van der Waals surface area contributed by atoms with Crippen LogP contribution in [-0.4, -0.2) is 25.7 Å². The van der Waals surface area contributed by atoms with Gasteiger partial charge in [-0.05, 0) is 24.1 Å². The summed E-state index contributed by atoms with van der Waals surface area (Å²) in [4.78, 5) is 11.0. The summed E-state index contributed by atoms with van der Waals surface area (Å²) in [6.07, 6.45) is 10.5. The maximum absolute atomic E-state index is 11.0. The van der Waals surface area contributed by atoms with Crippen molar-refractivity contribution in [1.29, 1.82) is 0 Å². The molecule has 1 aliphatic heterocycles. The molecule has 0 aliphatic carbocycles. The van der Waals surface area contributed by atoms with Crippen LogP contribution in [0, 0.1) is 12.3 Å². The number of rotatable bonds is 5. The molecular formula is C16H18N2O3. The minimum Gasteiger partial charge on any atom is -0.493 e. The Hall–Kier alpha value is -2.45. The van der Waals surface area contributed by atoms with Gasteiger partial charge in [0, 0.05) is 12.5 Å². The fourth-order valence-corrected chi connectivity index (χ4v) is 1.99. The zero-order chi connectivity index (χ0) is 15.1. The molecule has 1 aromatic carbocycles. The van der Waals surface area contributed by atoms with Crippen LogP contribution in [0.3, 0.4) is 0 Å². The summed E-state index contributed by atoms with van der Waals surface area (Å²) in [5.74, 6) is 3.70. The lowest BCUT2D eigenvalue weighted by Gasteiger charge is -2.20. The smallest absolute Gasteiger partial charge is 0.234 e. The van der Waals surface area contributed by atoms with Crippen LogP contribution in [0.1, 0.15) is 18.4 Å². The maximum Gasteiger partial charge on any atom is 0.234 e. The van der Waals surface area contributed by atoms with E-state index in [-0.39, 0.29) is 18.6 Å². The molecule has 0 spiro atoms. The number of terminal acetylenes is 1. The van der Waals surface area contributed by atoms with E-state index >= 15 is 0 Å². The summed E-state index contributed by atoms with van der Waals surface area (Å²) in [5.41, 5.74) is 6.55. The zero-order valence-electron chi connectivity index (χ0n) is 11.9. The maximum atomic E-state index is 11.0. The van der Waals surface area contributed by atoms with Crippen LogP contribution >= 0.6 is 0 Å². The predicted molar refractivity (Wildman–Crippen MR) is 80.7 cm³/mol. The number of carbonyl (C=O) groups is 1. The van der Waals surface area contributed by atoms with Crippen molar-refractivity contribution in [2.24, 2.45) is 0 Å². The predicted octanol–water partition coefficient (Wildman–Crippen LogP) is 1.50. The molecular weight excluding hydrogens is 268 g/mol. The highest BCUT2D eigenvalue weighted by Gasteiger charge is 2.14. The second-order valence-electron chi connectivity index (χ2n) is 4.60. The van der Waals surface area contributed by atoms with Crippen LogP contribution in [-0.2, 0) is 4.79 Å². The summed E-state index contributed by atoms with van der Waals surface area (Å²) in [5, 5.41) is 0. The third-order valence-electron chi connectivity index (χ3n) is 3.10. The Morgan fingerprint density at radius 1 is 1.48 bits per heavy atom. The van der Waals surface area contributed by atoms with Gasteiger partial charge < -0.3 is 9.47 Å². The Balaban J connectivity index is 2.03. The Kier molecular flexibility index (Phi) is 5.24.